The summed E-state index contributed by atoms with van der Waals surface area (Å²) >= 11 is 0. The summed E-state index contributed by atoms with van der Waals surface area (Å²) in [4.78, 5) is 2.40. The summed E-state index contributed by atoms with van der Waals surface area (Å²) in [6.45, 7) is 4.02. The molecule has 0 unspecified atom stereocenters. The van der Waals surface area contributed by atoms with Crippen LogP contribution in [-0.4, -0.2) is 30.6 Å². The second kappa shape index (κ2) is 7.11. The molecule has 0 aliphatic heterocycles. The van der Waals surface area contributed by atoms with Crippen LogP contribution in [0.25, 0.3) is 0 Å². The third-order valence-electron chi connectivity index (χ3n) is 4.38. The van der Waals surface area contributed by atoms with Gasteiger partial charge in [0, 0.05) is 19.1 Å². The van der Waals surface area contributed by atoms with Gasteiger partial charge in [-0.05, 0) is 55.7 Å². The number of hydrogen-bond acceptors (Lipinski definition) is 2. The lowest BCUT2D eigenvalue weighted by molar-refractivity contribution is 0.286. The lowest BCUT2D eigenvalue weighted by Gasteiger charge is -2.19. The van der Waals surface area contributed by atoms with Crippen molar-refractivity contribution in [1.29, 1.82) is 0 Å². The highest BCUT2D eigenvalue weighted by Gasteiger charge is 2.24. The maximum absolute atomic E-state index is 5.49. The quantitative estimate of drug-likeness (QED) is 0.701. The molecule has 1 aromatic carbocycles. The highest BCUT2D eigenvalue weighted by Crippen LogP contribution is 2.30. The second-order valence-corrected chi connectivity index (χ2v) is 6.61. The van der Waals surface area contributed by atoms with E-state index in [1.807, 2.05) is 0 Å². The smallest absolute Gasteiger partial charge is 0.0601 e. The monoisotopic (exact) mass is 282 g/mol. The molecule has 0 saturated heterocycles. The Hall–Kier alpha value is -1.30. The molecule has 2 nitrogen and oxygen atoms in total. The van der Waals surface area contributed by atoms with Gasteiger partial charge in [0.25, 0.3) is 0 Å². The van der Waals surface area contributed by atoms with Gasteiger partial charge in [-0.2, -0.15) is 0 Å². The Morgan fingerprint density at radius 2 is 1.81 bits per heavy atom. The van der Waals surface area contributed by atoms with Gasteiger partial charge in [-0.15, -0.1) is 6.42 Å². The zero-order valence-electron chi connectivity index (χ0n) is 12.9. The van der Waals surface area contributed by atoms with Gasteiger partial charge in [-0.3, -0.25) is 4.90 Å². The van der Waals surface area contributed by atoms with Crippen LogP contribution in [0, 0.1) is 18.3 Å². The lowest BCUT2D eigenvalue weighted by atomic mass is 10.1. The van der Waals surface area contributed by atoms with Crippen LogP contribution in [0.3, 0.4) is 0 Å². The van der Waals surface area contributed by atoms with E-state index in [9.17, 15) is 0 Å². The first kappa shape index (κ1) is 14.6. The first-order valence-corrected chi connectivity index (χ1v) is 8.30. The minimum Gasteiger partial charge on any atom is -0.314 e. The molecule has 0 atom stereocenters. The van der Waals surface area contributed by atoms with Crippen molar-refractivity contribution in [1.82, 2.24) is 10.2 Å². The molecule has 2 heteroatoms. The molecule has 0 spiro atoms. The van der Waals surface area contributed by atoms with E-state index in [1.165, 1.54) is 36.8 Å². The van der Waals surface area contributed by atoms with Crippen molar-refractivity contribution in [2.45, 2.75) is 44.7 Å². The van der Waals surface area contributed by atoms with Gasteiger partial charge in [0.05, 0.1) is 6.54 Å². The molecule has 21 heavy (non-hydrogen) atoms. The van der Waals surface area contributed by atoms with Gasteiger partial charge < -0.3 is 5.32 Å². The average Bonchev–Trinajstić information content (AvgIpc) is 3.36. The molecular formula is C19H26N2. The number of rotatable bonds is 9. The van der Waals surface area contributed by atoms with Crippen LogP contribution in [0.1, 0.15) is 36.8 Å². The van der Waals surface area contributed by atoms with Crippen LogP contribution < -0.4 is 5.32 Å². The Morgan fingerprint density at radius 3 is 2.43 bits per heavy atom. The maximum atomic E-state index is 5.49. The third-order valence-corrected chi connectivity index (χ3v) is 4.38. The van der Waals surface area contributed by atoms with Crippen LogP contribution in [0.5, 0.6) is 0 Å². The normalized spacial score (nSPS) is 17.9. The largest absolute Gasteiger partial charge is 0.314 e. The van der Waals surface area contributed by atoms with Gasteiger partial charge >= 0.3 is 0 Å². The van der Waals surface area contributed by atoms with Crippen LogP contribution in [0.2, 0.25) is 0 Å². The average molecular weight is 282 g/mol. The first-order valence-electron chi connectivity index (χ1n) is 8.30. The van der Waals surface area contributed by atoms with Crippen molar-refractivity contribution in [2.75, 3.05) is 19.6 Å². The number of hydrogen-bond donors (Lipinski definition) is 1. The Kier molecular flexibility index (Phi) is 4.95. The fourth-order valence-electron chi connectivity index (χ4n) is 2.76. The predicted molar refractivity (Wildman–Crippen MR) is 88.0 cm³/mol. The Bertz CT molecular complexity index is 477. The molecule has 1 aromatic rings. The summed E-state index contributed by atoms with van der Waals surface area (Å²) in [5.74, 6) is 3.69. The van der Waals surface area contributed by atoms with Gasteiger partial charge in [-0.25, -0.2) is 0 Å². The number of terminal acetylenes is 1. The molecule has 3 rings (SSSR count). The van der Waals surface area contributed by atoms with Gasteiger partial charge in [0.2, 0.25) is 0 Å². The van der Waals surface area contributed by atoms with E-state index in [4.69, 9.17) is 6.42 Å². The van der Waals surface area contributed by atoms with E-state index in [0.29, 0.717) is 0 Å². The molecule has 0 radical (unpaired) electrons. The number of nitrogens with zero attached hydrogens (tertiary/aromatic N) is 1. The van der Waals surface area contributed by atoms with Crippen LogP contribution in [0.15, 0.2) is 24.3 Å². The molecule has 0 amide bonds. The Balaban J connectivity index is 1.46. The van der Waals surface area contributed by atoms with Crippen molar-refractivity contribution in [3.05, 3.63) is 35.4 Å². The molecule has 0 heterocycles. The first-order chi connectivity index (χ1) is 10.3. The Labute approximate surface area is 128 Å². The van der Waals surface area contributed by atoms with E-state index >= 15 is 0 Å². The summed E-state index contributed by atoms with van der Waals surface area (Å²) in [5.41, 5.74) is 2.81. The minimum atomic E-state index is 0.767. The van der Waals surface area contributed by atoms with Gasteiger partial charge in [0.15, 0.2) is 0 Å². The summed E-state index contributed by atoms with van der Waals surface area (Å²) < 4.78 is 0. The molecule has 2 fully saturated rings. The molecule has 112 valence electrons. The van der Waals surface area contributed by atoms with Gasteiger partial charge in [-0.1, -0.05) is 30.2 Å². The van der Waals surface area contributed by atoms with Gasteiger partial charge in [0.1, 0.15) is 0 Å². The molecule has 0 aromatic heterocycles. The number of benzene rings is 1. The molecule has 2 aliphatic rings. The SMILES string of the molecule is C#CCN(Cc1ccc(CCNC2CC2)cc1)CC1CC1. The summed E-state index contributed by atoms with van der Waals surface area (Å²) in [5, 5.41) is 3.57. The van der Waals surface area contributed by atoms with Crippen molar-refractivity contribution >= 4 is 0 Å². The summed E-state index contributed by atoms with van der Waals surface area (Å²) in [7, 11) is 0. The third kappa shape index (κ3) is 5.19. The zero-order chi connectivity index (χ0) is 14.5. The maximum Gasteiger partial charge on any atom is 0.0601 e. The van der Waals surface area contributed by atoms with E-state index in [2.05, 4.69) is 40.4 Å². The zero-order valence-corrected chi connectivity index (χ0v) is 12.9. The van der Waals surface area contributed by atoms with E-state index in [-0.39, 0.29) is 0 Å². The standard InChI is InChI=1S/C19H26N2/c1-2-13-21(15-18-7-8-18)14-17-5-3-16(4-6-17)11-12-20-19-9-10-19/h1,3-6,18-20H,7-15H2. The molecule has 2 aliphatic carbocycles. The fraction of sp³-hybridized carbons (Fsp3) is 0.579. The van der Waals surface area contributed by atoms with Crippen LogP contribution in [-0.2, 0) is 13.0 Å². The van der Waals surface area contributed by atoms with Crippen molar-refractivity contribution in [2.24, 2.45) is 5.92 Å². The fourth-order valence-corrected chi connectivity index (χ4v) is 2.76. The highest BCUT2D eigenvalue weighted by molar-refractivity contribution is 5.23. The lowest BCUT2D eigenvalue weighted by Crippen LogP contribution is -2.26. The Morgan fingerprint density at radius 1 is 1.10 bits per heavy atom. The number of nitrogens with one attached hydrogen (secondary N) is 1. The van der Waals surface area contributed by atoms with Crippen LogP contribution in [0.4, 0.5) is 0 Å². The van der Waals surface area contributed by atoms with E-state index in [0.717, 1.165) is 44.6 Å². The van der Waals surface area contributed by atoms with E-state index < -0.39 is 0 Å². The summed E-state index contributed by atoms with van der Waals surface area (Å²) in [6.07, 6.45) is 12.1. The molecular weight excluding hydrogens is 256 g/mol. The molecule has 1 N–H and O–H groups in total. The van der Waals surface area contributed by atoms with Crippen molar-refractivity contribution < 1.29 is 0 Å². The van der Waals surface area contributed by atoms with Crippen molar-refractivity contribution in [3.63, 3.8) is 0 Å². The molecule has 2 saturated carbocycles. The van der Waals surface area contributed by atoms with Crippen LogP contribution >= 0.6 is 0 Å². The topological polar surface area (TPSA) is 15.3 Å². The minimum absolute atomic E-state index is 0.767. The molecule has 0 bridgehead atoms. The second-order valence-electron chi connectivity index (χ2n) is 6.61. The summed E-state index contributed by atoms with van der Waals surface area (Å²) in [6, 6.07) is 9.89. The predicted octanol–water partition coefficient (Wildman–Crippen LogP) is 2.83. The van der Waals surface area contributed by atoms with Crippen molar-refractivity contribution in [3.8, 4) is 12.3 Å². The van der Waals surface area contributed by atoms with E-state index in [1.54, 1.807) is 0 Å². The highest BCUT2D eigenvalue weighted by atomic mass is 15.1.